The number of methoxy groups -OCH3 is 1. The van der Waals surface area contributed by atoms with E-state index in [0.29, 0.717) is 34.0 Å². The summed E-state index contributed by atoms with van der Waals surface area (Å²) in [6.45, 7) is 5.49. The number of ether oxygens (including phenoxy) is 2. The van der Waals surface area contributed by atoms with Gasteiger partial charge in [0.1, 0.15) is 30.3 Å². The summed E-state index contributed by atoms with van der Waals surface area (Å²) in [7, 11) is -2.50. The first kappa shape index (κ1) is 29.2. The van der Waals surface area contributed by atoms with Crippen LogP contribution < -0.4 is 15.3 Å². The van der Waals surface area contributed by atoms with Crippen LogP contribution in [0, 0.1) is 0 Å². The smallest absolute Gasteiger partial charge is 0.413 e. The minimum absolute atomic E-state index is 0.0944. The van der Waals surface area contributed by atoms with Crippen molar-refractivity contribution in [1.82, 2.24) is 19.6 Å². The number of aromatic nitrogens is 3. The highest BCUT2D eigenvalue weighted by Crippen LogP contribution is 2.46. The molecule has 0 spiro atoms. The number of hydrogen-bond donors (Lipinski definition) is 3. The van der Waals surface area contributed by atoms with Crippen LogP contribution in [-0.4, -0.2) is 52.6 Å². The number of nitrogen functional groups attached to an aromatic ring is 1. The SMILES string of the molecule is CCOCc1nc2c(N)nc3ccccc3c2n1C(C)(O)COP(=O)(N[C@@H](C)COC)Oc1ccc(Cl)cc1. The van der Waals surface area contributed by atoms with Crippen molar-refractivity contribution in [1.29, 1.82) is 0 Å². The third kappa shape index (κ3) is 6.70. The summed E-state index contributed by atoms with van der Waals surface area (Å²) in [5, 5.41) is 15.9. The molecule has 0 aliphatic rings. The van der Waals surface area contributed by atoms with Gasteiger partial charge in [0.25, 0.3) is 0 Å². The molecule has 2 aromatic carbocycles. The van der Waals surface area contributed by atoms with Gasteiger partial charge in [0.15, 0.2) is 11.5 Å². The lowest BCUT2D eigenvalue weighted by Crippen LogP contribution is -2.38. The molecule has 210 valence electrons. The first-order valence-corrected chi connectivity index (χ1v) is 14.3. The Bertz CT molecular complexity index is 1480. The van der Waals surface area contributed by atoms with Gasteiger partial charge in [-0.15, -0.1) is 0 Å². The summed E-state index contributed by atoms with van der Waals surface area (Å²) in [5.74, 6) is 0.887. The molecule has 0 radical (unpaired) electrons. The van der Waals surface area contributed by atoms with Gasteiger partial charge in [-0.2, -0.15) is 0 Å². The van der Waals surface area contributed by atoms with Gasteiger partial charge in [-0.1, -0.05) is 29.8 Å². The Morgan fingerprint density at radius 2 is 1.92 bits per heavy atom. The minimum Gasteiger partial charge on any atom is -0.413 e. The molecule has 4 rings (SSSR count). The molecule has 2 aromatic heterocycles. The third-order valence-electron chi connectivity index (χ3n) is 5.85. The van der Waals surface area contributed by atoms with Crippen LogP contribution >= 0.6 is 19.3 Å². The predicted molar refractivity (Wildman–Crippen MR) is 151 cm³/mol. The fraction of sp³-hybridized carbons (Fsp3) is 0.385. The number of benzene rings is 2. The lowest BCUT2D eigenvalue weighted by Gasteiger charge is -2.30. The molecular formula is C26H33ClN5O6P. The Morgan fingerprint density at radius 1 is 1.21 bits per heavy atom. The monoisotopic (exact) mass is 577 g/mol. The molecule has 0 saturated heterocycles. The number of hydrogen-bond acceptors (Lipinski definition) is 9. The van der Waals surface area contributed by atoms with Crippen molar-refractivity contribution in [2.45, 2.75) is 39.1 Å². The van der Waals surface area contributed by atoms with E-state index in [4.69, 9.17) is 35.9 Å². The molecule has 4 N–H and O–H groups in total. The number of nitrogens with one attached hydrogen (secondary N) is 1. The number of nitrogens with two attached hydrogens (primary N) is 1. The van der Waals surface area contributed by atoms with Gasteiger partial charge < -0.3 is 24.8 Å². The van der Waals surface area contributed by atoms with Crippen molar-refractivity contribution in [2.75, 3.05) is 32.7 Å². The maximum Gasteiger partial charge on any atom is 0.459 e. The number of halogens is 1. The van der Waals surface area contributed by atoms with Crippen LogP contribution in [-0.2, 0) is 30.9 Å². The lowest BCUT2D eigenvalue weighted by molar-refractivity contribution is -0.0611. The Hall–Kier alpha value is -2.76. The Kier molecular flexibility index (Phi) is 9.13. The number of aliphatic hydroxyl groups is 1. The van der Waals surface area contributed by atoms with Gasteiger partial charge in [0.2, 0.25) is 0 Å². The fourth-order valence-electron chi connectivity index (χ4n) is 4.21. The number of rotatable bonds is 13. The number of anilines is 1. The number of para-hydroxylation sites is 1. The van der Waals surface area contributed by atoms with Crippen molar-refractivity contribution in [3.05, 3.63) is 59.4 Å². The molecule has 0 fully saturated rings. The minimum atomic E-state index is -4.03. The molecule has 3 atom stereocenters. The second-order valence-corrected chi connectivity index (χ2v) is 11.4. The molecular weight excluding hydrogens is 545 g/mol. The van der Waals surface area contributed by atoms with E-state index in [1.54, 1.807) is 35.8 Å². The van der Waals surface area contributed by atoms with Crippen molar-refractivity contribution in [3.8, 4) is 5.75 Å². The van der Waals surface area contributed by atoms with E-state index in [2.05, 4.69) is 15.1 Å². The summed E-state index contributed by atoms with van der Waals surface area (Å²) < 4.78 is 38.0. The van der Waals surface area contributed by atoms with Gasteiger partial charge >= 0.3 is 7.75 Å². The van der Waals surface area contributed by atoms with E-state index in [9.17, 15) is 9.67 Å². The van der Waals surface area contributed by atoms with Crippen molar-refractivity contribution in [2.24, 2.45) is 0 Å². The predicted octanol–water partition coefficient (Wildman–Crippen LogP) is 4.85. The highest BCUT2D eigenvalue weighted by Gasteiger charge is 2.36. The summed E-state index contributed by atoms with van der Waals surface area (Å²) in [6, 6.07) is 13.4. The second kappa shape index (κ2) is 12.2. The molecule has 4 aromatic rings. The third-order valence-corrected chi connectivity index (χ3v) is 7.78. The number of pyridine rings is 1. The van der Waals surface area contributed by atoms with Gasteiger partial charge in [-0.25, -0.2) is 19.6 Å². The van der Waals surface area contributed by atoms with Crippen LogP contribution in [0.1, 0.15) is 26.6 Å². The second-order valence-electron chi connectivity index (χ2n) is 9.23. The van der Waals surface area contributed by atoms with Crippen LogP contribution in [0.4, 0.5) is 5.82 Å². The van der Waals surface area contributed by atoms with Crippen LogP contribution in [0.25, 0.3) is 21.9 Å². The van der Waals surface area contributed by atoms with E-state index < -0.39 is 26.1 Å². The zero-order chi connectivity index (χ0) is 28.2. The van der Waals surface area contributed by atoms with Crippen LogP contribution in [0.3, 0.4) is 0 Å². The van der Waals surface area contributed by atoms with Crippen LogP contribution in [0.15, 0.2) is 48.5 Å². The maximum atomic E-state index is 13.9. The topological polar surface area (TPSA) is 143 Å². The average Bonchev–Trinajstić information content (AvgIpc) is 3.29. The van der Waals surface area contributed by atoms with Crippen molar-refractivity contribution >= 4 is 47.1 Å². The van der Waals surface area contributed by atoms with Gasteiger partial charge in [-0.3, -0.25) is 9.09 Å². The van der Waals surface area contributed by atoms with Crippen LogP contribution in [0.2, 0.25) is 5.02 Å². The number of fused-ring (bicyclic) bond motifs is 3. The summed E-state index contributed by atoms with van der Waals surface area (Å²) in [5.41, 5.74) is 6.10. The molecule has 0 saturated carbocycles. The molecule has 13 heteroatoms. The van der Waals surface area contributed by atoms with E-state index in [1.807, 2.05) is 31.2 Å². The summed E-state index contributed by atoms with van der Waals surface area (Å²) in [4.78, 5) is 9.11. The first-order chi connectivity index (χ1) is 18.6. The Labute approximate surface area is 231 Å². The Balaban J connectivity index is 1.74. The van der Waals surface area contributed by atoms with Crippen molar-refractivity contribution < 1.29 is 28.2 Å². The van der Waals surface area contributed by atoms with Crippen molar-refractivity contribution in [3.63, 3.8) is 0 Å². The normalized spacial score (nSPS) is 15.7. The quantitative estimate of drug-likeness (QED) is 0.189. The molecule has 0 amide bonds. The number of imidazole rings is 1. The van der Waals surface area contributed by atoms with E-state index in [-0.39, 0.29) is 24.8 Å². The summed E-state index contributed by atoms with van der Waals surface area (Å²) in [6.07, 6.45) is 0. The number of nitrogens with zero attached hydrogens (tertiary/aromatic N) is 3. The lowest BCUT2D eigenvalue weighted by atomic mass is 10.1. The van der Waals surface area contributed by atoms with E-state index in [1.165, 1.54) is 14.0 Å². The zero-order valence-electron chi connectivity index (χ0n) is 22.3. The molecule has 2 unspecified atom stereocenters. The maximum absolute atomic E-state index is 13.9. The first-order valence-electron chi connectivity index (χ1n) is 12.4. The highest BCUT2D eigenvalue weighted by atomic mass is 35.5. The average molecular weight is 578 g/mol. The van der Waals surface area contributed by atoms with E-state index in [0.717, 1.165) is 5.39 Å². The van der Waals surface area contributed by atoms with Gasteiger partial charge in [-0.05, 0) is 51.1 Å². The zero-order valence-corrected chi connectivity index (χ0v) is 23.9. The fourth-order valence-corrected chi connectivity index (χ4v) is 5.94. The molecule has 0 aliphatic carbocycles. The molecule has 0 bridgehead atoms. The molecule has 39 heavy (non-hydrogen) atoms. The Morgan fingerprint density at radius 3 is 2.62 bits per heavy atom. The van der Waals surface area contributed by atoms with E-state index >= 15 is 0 Å². The standard InChI is InChI=1S/C26H33ClN5O6P/c1-5-36-15-22-30-23-24(20-8-6-7-9-21(20)29-25(23)28)32(22)26(3,33)16-37-39(34,31-17(2)14-35-4)38-19-12-10-18(27)11-13-19/h6-13,17,33H,5,14-16H2,1-4H3,(H2,28,29)(H,31,34)/t17-,26?,39?/m0/s1. The summed E-state index contributed by atoms with van der Waals surface area (Å²) >= 11 is 5.98. The molecule has 2 heterocycles. The van der Waals surface area contributed by atoms with Crippen LogP contribution in [0.5, 0.6) is 5.75 Å². The van der Waals surface area contributed by atoms with Gasteiger partial charge in [0, 0.05) is 30.2 Å². The highest BCUT2D eigenvalue weighted by molar-refractivity contribution is 7.52. The largest absolute Gasteiger partial charge is 0.459 e. The van der Waals surface area contributed by atoms with Gasteiger partial charge in [0.05, 0.1) is 17.6 Å². The molecule has 0 aliphatic heterocycles. The molecule has 11 nitrogen and oxygen atoms in total.